The molecular formula is C22H16F3N3O5S. The summed E-state index contributed by atoms with van der Waals surface area (Å²) in [6.07, 6.45) is -4.62. The molecule has 0 radical (unpaired) electrons. The van der Waals surface area contributed by atoms with Crippen LogP contribution in [0, 0.1) is 0 Å². The van der Waals surface area contributed by atoms with Crippen LogP contribution in [-0.2, 0) is 21.0 Å². The van der Waals surface area contributed by atoms with Crippen LogP contribution >= 0.6 is 0 Å². The molecule has 4 rings (SSSR count). The van der Waals surface area contributed by atoms with Gasteiger partial charge in [-0.15, -0.1) is 0 Å². The second-order valence-corrected chi connectivity index (χ2v) is 8.89. The summed E-state index contributed by atoms with van der Waals surface area (Å²) in [6, 6.07) is 13.3. The van der Waals surface area contributed by atoms with Crippen LogP contribution < -0.4 is 20.1 Å². The summed E-state index contributed by atoms with van der Waals surface area (Å²) in [4.78, 5) is 23.7. The highest BCUT2D eigenvalue weighted by Crippen LogP contribution is 2.32. The summed E-state index contributed by atoms with van der Waals surface area (Å²) in [5.41, 5.74) is -0.335. The van der Waals surface area contributed by atoms with Gasteiger partial charge in [-0.05, 0) is 60.7 Å². The van der Waals surface area contributed by atoms with E-state index in [0.717, 1.165) is 24.3 Å². The Hall–Kier alpha value is -4.06. The van der Waals surface area contributed by atoms with Gasteiger partial charge in [0.15, 0.2) is 6.61 Å². The standard InChI is InChI=1S/C22H16F3N3O5S/c23-22(24,25)14-2-1-3-16(10-14)28-34(31,32)17-7-4-13(5-8-17)21(30)26-15-6-9-19-18(11-15)27-20(29)12-33-19/h1-11,28H,12H2,(H,26,30)(H,27,29). The van der Waals surface area contributed by atoms with Crippen LogP contribution in [0.15, 0.2) is 71.6 Å². The molecule has 176 valence electrons. The van der Waals surface area contributed by atoms with Crippen molar-refractivity contribution in [2.75, 3.05) is 22.0 Å². The molecule has 2 amide bonds. The Balaban J connectivity index is 1.47. The number of benzene rings is 3. The highest BCUT2D eigenvalue weighted by atomic mass is 32.2. The van der Waals surface area contributed by atoms with Crippen molar-refractivity contribution in [2.45, 2.75) is 11.1 Å². The molecule has 3 aromatic carbocycles. The molecule has 0 spiro atoms. The molecule has 8 nitrogen and oxygen atoms in total. The van der Waals surface area contributed by atoms with E-state index in [-0.39, 0.29) is 28.7 Å². The highest BCUT2D eigenvalue weighted by molar-refractivity contribution is 7.92. The zero-order chi connectivity index (χ0) is 24.5. The Morgan fingerprint density at radius 3 is 2.41 bits per heavy atom. The number of ether oxygens (including phenoxy) is 1. The van der Waals surface area contributed by atoms with Crippen LogP contribution in [0.1, 0.15) is 15.9 Å². The lowest BCUT2D eigenvalue weighted by atomic mass is 10.2. The van der Waals surface area contributed by atoms with Gasteiger partial charge < -0.3 is 15.4 Å². The van der Waals surface area contributed by atoms with Gasteiger partial charge in [-0.1, -0.05) is 6.07 Å². The molecule has 3 N–H and O–H groups in total. The summed E-state index contributed by atoms with van der Waals surface area (Å²) in [5.74, 6) is -0.412. The van der Waals surface area contributed by atoms with Crippen LogP contribution in [0.25, 0.3) is 0 Å². The van der Waals surface area contributed by atoms with Crippen molar-refractivity contribution in [3.8, 4) is 5.75 Å². The van der Waals surface area contributed by atoms with Crippen molar-refractivity contribution in [2.24, 2.45) is 0 Å². The van der Waals surface area contributed by atoms with Crippen LogP contribution in [0.4, 0.5) is 30.2 Å². The molecule has 0 saturated carbocycles. The molecule has 0 aliphatic carbocycles. The van der Waals surface area contributed by atoms with Crippen molar-refractivity contribution < 1.29 is 35.9 Å². The van der Waals surface area contributed by atoms with Crippen molar-refractivity contribution in [3.05, 3.63) is 77.9 Å². The van der Waals surface area contributed by atoms with Gasteiger partial charge in [0.2, 0.25) is 0 Å². The number of fused-ring (bicyclic) bond motifs is 1. The Morgan fingerprint density at radius 1 is 0.971 bits per heavy atom. The molecule has 0 unspecified atom stereocenters. The molecule has 0 aromatic heterocycles. The van der Waals surface area contributed by atoms with Crippen molar-refractivity contribution in [1.82, 2.24) is 0 Å². The lowest BCUT2D eigenvalue weighted by molar-refractivity contribution is -0.137. The summed E-state index contributed by atoms with van der Waals surface area (Å²) in [7, 11) is -4.20. The topological polar surface area (TPSA) is 114 Å². The molecule has 1 heterocycles. The van der Waals surface area contributed by atoms with Gasteiger partial charge >= 0.3 is 6.18 Å². The number of carbonyl (C=O) groups excluding carboxylic acids is 2. The number of alkyl halides is 3. The minimum absolute atomic E-state index is 0.101. The number of hydrogen-bond donors (Lipinski definition) is 3. The van der Waals surface area contributed by atoms with Gasteiger partial charge in [0.05, 0.1) is 16.1 Å². The number of sulfonamides is 1. The van der Waals surface area contributed by atoms with E-state index in [2.05, 4.69) is 15.4 Å². The first kappa shape index (κ1) is 23.1. The third-order valence-corrected chi connectivity index (χ3v) is 6.14. The predicted octanol–water partition coefficient (Wildman–Crippen LogP) is 4.09. The maximum Gasteiger partial charge on any atom is 0.416 e. The maximum atomic E-state index is 12.9. The van der Waals surface area contributed by atoms with Gasteiger partial charge in [-0.25, -0.2) is 8.42 Å². The number of carbonyl (C=O) groups is 2. The maximum absolute atomic E-state index is 12.9. The molecule has 1 aliphatic heterocycles. The fraction of sp³-hybridized carbons (Fsp3) is 0.0909. The molecule has 34 heavy (non-hydrogen) atoms. The van der Waals surface area contributed by atoms with E-state index in [0.29, 0.717) is 23.2 Å². The molecule has 0 fully saturated rings. The number of anilines is 3. The van der Waals surface area contributed by atoms with E-state index in [1.165, 1.54) is 24.3 Å². The van der Waals surface area contributed by atoms with Crippen LogP contribution in [0.3, 0.4) is 0 Å². The molecule has 0 bridgehead atoms. The van der Waals surface area contributed by atoms with Crippen LogP contribution in [0.2, 0.25) is 0 Å². The Morgan fingerprint density at radius 2 is 1.71 bits per heavy atom. The van der Waals surface area contributed by atoms with E-state index in [4.69, 9.17) is 4.74 Å². The fourth-order valence-electron chi connectivity index (χ4n) is 3.12. The van der Waals surface area contributed by atoms with Crippen molar-refractivity contribution >= 4 is 38.9 Å². The number of nitrogens with one attached hydrogen (secondary N) is 3. The van der Waals surface area contributed by atoms with E-state index in [9.17, 15) is 31.2 Å². The zero-order valence-electron chi connectivity index (χ0n) is 17.1. The van der Waals surface area contributed by atoms with Gasteiger partial charge in [0.25, 0.3) is 21.8 Å². The fourth-order valence-corrected chi connectivity index (χ4v) is 4.17. The average molecular weight is 491 g/mol. The van der Waals surface area contributed by atoms with Gasteiger partial charge in [0, 0.05) is 16.9 Å². The third kappa shape index (κ3) is 5.12. The molecule has 0 atom stereocenters. The SMILES string of the molecule is O=C1COc2ccc(NC(=O)c3ccc(S(=O)(=O)Nc4cccc(C(F)(F)F)c4)cc3)cc2N1. The number of halogens is 3. The molecule has 3 aromatic rings. The monoisotopic (exact) mass is 491 g/mol. The zero-order valence-corrected chi connectivity index (χ0v) is 18.0. The van der Waals surface area contributed by atoms with E-state index < -0.39 is 27.7 Å². The van der Waals surface area contributed by atoms with Gasteiger partial charge in [-0.2, -0.15) is 13.2 Å². The molecule has 12 heteroatoms. The smallest absolute Gasteiger partial charge is 0.416 e. The Labute approximate surface area is 191 Å². The third-order valence-electron chi connectivity index (χ3n) is 4.74. The second-order valence-electron chi connectivity index (χ2n) is 7.21. The lowest BCUT2D eigenvalue weighted by Crippen LogP contribution is -2.25. The van der Waals surface area contributed by atoms with Crippen molar-refractivity contribution in [1.29, 1.82) is 0 Å². The summed E-state index contributed by atoms with van der Waals surface area (Å²) in [5, 5.41) is 5.24. The quantitative estimate of drug-likeness (QED) is 0.498. The molecule has 1 aliphatic rings. The summed E-state index contributed by atoms with van der Waals surface area (Å²) >= 11 is 0. The molecular weight excluding hydrogens is 475 g/mol. The minimum Gasteiger partial charge on any atom is -0.482 e. The first-order chi connectivity index (χ1) is 16.0. The predicted molar refractivity (Wildman–Crippen MR) is 117 cm³/mol. The minimum atomic E-state index is -4.62. The molecule has 0 saturated heterocycles. The van der Waals surface area contributed by atoms with Gasteiger partial charge in [-0.3, -0.25) is 14.3 Å². The van der Waals surface area contributed by atoms with E-state index in [1.54, 1.807) is 12.1 Å². The number of amides is 2. The first-order valence-corrected chi connectivity index (χ1v) is 11.2. The van der Waals surface area contributed by atoms with Crippen LogP contribution in [-0.4, -0.2) is 26.8 Å². The van der Waals surface area contributed by atoms with Crippen molar-refractivity contribution in [3.63, 3.8) is 0 Å². The highest BCUT2D eigenvalue weighted by Gasteiger charge is 2.30. The number of hydrogen-bond acceptors (Lipinski definition) is 5. The van der Waals surface area contributed by atoms with E-state index >= 15 is 0 Å². The largest absolute Gasteiger partial charge is 0.482 e. The first-order valence-electron chi connectivity index (χ1n) is 9.69. The van der Waals surface area contributed by atoms with Crippen LogP contribution in [0.5, 0.6) is 5.75 Å². The number of rotatable bonds is 5. The Bertz CT molecular complexity index is 1370. The normalized spacial score (nSPS) is 13.3. The Kier molecular flexibility index (Phi) is 5.92. The summed E-state index contributed by atoms with van der Waals surface area (Å²) < 4.78 is 71.0. The second kappa shape index (κ2) is 8.71. The summed E-state index contributed by atoms with van der Waals surface area (Å²) in [6.45, 7) is -0.101. The average Bonchev–Trinajstić information content (AvgIpc) is 2.78. The lowest BCUT2D eigenvalue weighted by Gasteiger charge is -2.18. The van der Waals surface area contributed by atoms with E-state index in [1.807, 2.05) is 0 Å². The van der Waals surface area contributed by atoms with Gasteiger partial charge in [0.1, 0.15) is 5.75 Å².